The van der Waals surface area contributed by atoms with E-state index in [0.29, 0.717) is 32.1 Å². The highest BCUT2D eigenvalue weighted by Gasteiger charge is 2.24. The quantitative estimate of drug-likeness (QED) is 0.290. The largest absolute Gasteiger partial charge is 0.379 e. The zero-order valence-corrected chi connectivity index (χ0v) is 21.1. The van der Waals surface area contributed by atoms with E-state index >= 15 is 0 Å². The van der Waals surface area contributed by atoms with Gasteiger partial charge in [-0.1, -0.05) is 29.8 Å². The first-order chi connectivity index (χ1) is 13.3. The molecule has 166 valence electrons. The number of nitrogens with one attached hydrogen (secondary N) is 2. The Bertz CT molecular complexity index is 758. The molecule has 2 rings (SSSR count). The average Bonchev–Trinajstić information content (AvgIpc) is 2.67. The molecule has 1 saturated heterocycles. The van der Waals surface area contributed by atoms with Crippen LogP contribution in [0.15, 0.2) is 29.3 Å². The predicted octanol–water partition coefficient (Wildman–Crippen LogP) is 2.32. The Labute approximate surface area is 196 Å². The number of hydrogen-bond acceptors (Lipinski definition) is 5. The van der Waals surface area contributed by atoms with Gasteiger partial charge in [-0.2, -0.15) is 0 Å². The van der Waals surface area contributed by atoms with E-state index in [2.05, 4.69) is 26.6 Å². The SMILES string of the molecule is CN=C(NCC(c1ccccc1Cl)N1CCOCC1)NC(C)CCS(C)(=O)=O.I. The molecule has 2 atom stereocenters. The van der Waals surface area contributed by atoms with Crippen LogP contribution in [-0.2, 0) is 14.6 Å². The summed E-state index contributed by atoms with van der Waals surface area (Å²) >= 11 is 6.47. The third kappa shape index (κ3) is 9.37. The number of ether oxygens (including phenoxy) is 1. The van der Waals surface area contributed by atoms with Gasteiger partial charge in [-0.3, -0.25) is 9.89 Å². The maximum absolute atomic E-state index is 11.4. The highest BCUT2D eigenvalue weighted by molar-refractivity contribution is 14.0. The second kappa shape index (κ2) is 12.9. The number of morpholine rings is 1. The van der Waals surface area contributed by atoms with E-state index in [1.807, 2.05) is 25.1 Å². The van der Waals surface area contributed by atoms with E-state index in [9.17, 15) is 8.42 Å². The highest BCUT2D eigenvalue weighted by atomic mass is 127. The molecule has 0 amide bonds. The molecule has 1 aromatic carbocycles. The van der Waals surface area contributed by atoms with E-state index < -0.39 is 9.84 Å². The summed E-state index contributed by atoms with van der Waals surface area (Å²) in [5.74, 6) is 0.792. The van der Waals surface area contributed by atoms with Crippen LogP contribution in [0, 0.1) is 0 Å². The molecular weight excluding hydrogens is 527 g/mol. The maximum Gasteiger partial charge on any atom is 0.191 e. The molecule has 0 spiro atoms. The number of halogens is 2. The van der Waals surface area contributed by atoms with Crippen molar-refractivity contribution in [1.82, 2.24) is 15.5 Å². The number of benzene rings is 1. The summed E-state index contributed by atoms with van der Waals surface area (Å²) in [6, 6.07) is 7.96. The van der Waals surface area contributed by atoms with Crippen LogP contribution in [0.5, 0.6) is 0 Å². The molecule has 0 aromatic heterocycles. The Morgan fingerprint density at radius 3 is 2.55 bits per heavy atom. The van der Waals surface area contributed by atoms with E-state index in [1.165, 1.54) is 6.26 Å². The van der Waals surface area contributed by atoms with Crippen LogP contribution in [0.2, 0.25) is 5.02 Å². The van der Waals surface area contributed by atoms with Crippen molar-refractivity contribution in [3.8, 4) is 0 Å². The van der Waals surface area contributed by atoms with Gasteiger partial charge in [0.1, 0.15) is 9.84 Å². The zero-order valence-electron chi connectivity index (χ0n) is 17.2. The van der Waals surface area contributed by atoms with Gasteiger partial charge in [-0.15, -0.1) is 24.0 Å². The van der Waals surface area contributed by atoms with Crippen molar-refractivity contribution < 1.29 is 13.2 Å². The Hall–Kier alpha value is -0.620. The minimum Gasteiger partial charge on any atom is -0.379 e. The molecule has 0 aliphatic carbocycles. The number of hydrogen-bond donors (Lipinski definition) is 2. The van der Waals surface area contributed by atoms with Gasteiger partial charge in [0, 0.05) is 44.0 Å². The number of sulfone groups is 1. The van der Waals surface area contributed by atoms with Gasteiger partial charge in [-0.05, 0) is 25.0 Å². The van der Waals surface area contributed by atoms with Crippen LogP contribution in [0.1, 0.15) is 24.9 Å². The lowest BCUT2D eigenvalue weighted by atomic mass is 10.0. The molecular formula is C19H32ClIN4O3S. The van der Waals surface area contributed by atoms with Crippen molar-refractivity contribution in [2.45, 2.75) is 25.4 Å². The van der Waals surface area contributed by atoms with Crippen LogP contribution in [0.25, 0.3) is 0 Å². The second-order valence-corrected chi connectivity index (χ2v) is 9.77. The number of rotatable bonds is 8. The molecule has 1 aliphatic rings. The molecule has 1 heterocycles. The van der Waals surface area contributed by atoms with Crippen LogP contribution >= 0.6 is 35.6 Å². The second-order valence-electron chi connectivity index (χ2n) is 7.10. The first kappa shape index (κ1) is 26.4. The van der Waals surface area contributed by atoms with Gasteiger partial charge < -0.3 is 15.4 Å². The Morgan fingerprint density at radius 2 is 1.97 bits per heavy atom. The van der Waals surface area contributed by atoms with Crippen molar-refractivity contribution in [3.63, 3.8) is 0 Å². The fourth-order valence-electron chi connectivity index (χ4n) is 3.15. The Kier molecular flexibility index (Phi) is 11.8. The van der Waals surface area contributed by atoms with Crippen LogP contribution in [0.3, 0.4) is 0 Å². The summed E-state index contributed by atoms with van der Waals surface area (Å²) in [6.45, 7) is 5.67. The van der Waals surface area contributed by atoms with Crippen LogP contribution in [-0.4, -0.2) is 77.2 Å². The van der Waals surface area contributed by atoms with Gasteiger partial charge in [0.15, 0.2) is 5.96 Å². The van der Waals surface area contributed by atoms with Gasteiger partial charge in [0.2, 0.25) is 0 Å². The average molecular weight is 559 g/mol. The molecule has 2 N–H and O–H groups in total. The molecule has 7 nitrogen and oxygen atoms in total. The van der Waals surface area contributed by atoms with Crippen molar-refractivity contribution in [1.29, 1.82) is 0 Å². The minimum absolute atomic E-state index is 0. The number of nitrogens with zero attached hydrogens (tertiary/aromatic N) is 2. The lowest BCUT2D eigenvalue weighted by molar-refractivity contribution is 0.0170. The van der Waals surface area contributed by atoms with Gasteiger partial charge in [-0.25, -0.2) is 8.42 Å². The number of guanidine groups is 1. The Morgan fingerprint density at radius 1 is 1.31 bits per heavy atom. The third-order valence-electron chi connectivity index (χ3n) is 4.74. The van der Waals surface area contributed by atoms with E-state index in [1.54, 1.807) is 7.05 Å². The van der Waals surface area contributed by atoms with Crippen LogP contribution < -0.4 is 10.6 Å². The fraction of sp³-hybridized carbons (Fsp3) is 0.632. The summed E-state index contributed by atoms with van der Waals surface area (Å²) in [6.07, 6.45) is 1.78. The first-order valence-corrected chi connectivity index (χ1v) is 11.9. The van der Waals surface area contributed by atoms with E-state index in [-0.39, 0.29) is 41.8 Å². The van der Waals surface area contributed by atoms with Crippen molar-refractivity contribution in [3.05, 3.63) is 34.9 Å². The lowest BCUT2D eigenvalue weighted by Gasteiger charge is -2.35. The minimum atomic E-state index is -2.98. The van der Waals surface area contributed by atoms with E-state index in [0.717, 1.165) is 23.7 Å². The topological polar surface area (TPSA) is 83.0 Å². The molecule has 0 bridgehead atoms. The molecule has 1 fully saturated rings. The summed E-state index contributed by atoms with van der Waals surface area (Å²) in [7, 11) is -1.27. The summed E-state index contributed by atoms with van der Waals surface area (Å²) in [4.78, 5) is 6.63. The maximum atomic E-state index is 11.4. The first-order valence-electron chi connectivity index (χ1n) is 9.51. The standard InChI is InChI=1S/C19H31ClN4O3S.HI/c1-15(8-13-28(3,25)26)23-19(21-2)22-14-18(24-9-11-27-12-10-24)16-6-4-5-7-17(16)20;/h4-7,15,18H,8-14H2,1-3H3,(H2,21,22,23);1H. The predicted molar refractivity (Wildman–Crippen MR) is 130 cm³/mol. The lowest BCUT2D eigenvalue weighted by Crippen LogP contribution is -2.48. The monoisotopic (exact) mass is 558 g/mol. The van der Waals surface area contributed by atoms with Gasteiger partial charge >= 0.3 is 0 Å². The third-order valence-corrected chi connectivity index (χ3v) is 6.06. The summed E-state index contributed by atoms with van der Waals surface area (Å²) < 4.78 is 28.2. The molecule has 29 heavy (non-hydrogen) atoms. The van der Waals surface area contributed by atoms with Crippen molar-refractivity contribution in [2.24, 2.45) is 4.99 Å². The molecule has 10 heteroatoms. The Balaban J connectivity index is 0.00000420. The fourth-order valence-corrected chi connectivity index (χ4v) is 4.20. The molecule has 0 saturated carbocycles. The van der Waals surface area contributed by atoms with Gasteiger partial charge in [0.05, 0.1) is 25.0 Å². The van der Waals surface area contributed by atoms with Crippen molar-refractivity contribution >= 4 is 51.4 Å². The molecule has 1 aliphatic heterocycles. The van der Waals surface area contributed by atoms with Gasteiger partial charge in [0.25, 0.3) is 0 Å². The number of aliphatic imine (C=N–C) groups is 1. The molecule has 2 unspecified atom stereocenters. The normalized spacial score (nSPS) is 17.9. The molecule has 0 radical (unpaired) electrons. The summed E-state index contributed by atoms with van der Waals surface area (Å²) in [5.41, 5.74) is 1.07. The van der Waals surface area contributed by atoms with Crippen LogP contribution in [0.4, 0.5) is 0 Å². The highest BCUT2D eigenvalue weighted by Crippen LogP contribution is 2.27. The molecule has 1 aromatic rings. The van der Waals surface area contributed by atoms with E-state index in [4.69, 9.17) is 16.3 Å². The zero-order chi connectivity index (χ0) is 20.6. The smallest absolute Gasteiger partial charge is 0.191 e. The summed E-state index contributed by atoms with van der Waals surface area (Å²) in [5, 5.41) is 7.37. The van der Waals surface area contributed by atoms with Crippen molar-refractivity contribution in [2.75, 3.05) is 51.9 Å².